The second kappa shape index (κ2) is 5.42. The van der Waals surface area contributed by atoms with E-state index in [4.69, 9.17) is 0 Å². The van der Waals surface area contributed by atoms with Crippen molar-refractivity contribution in [3.05, 3.63) is 29.3 Å². The quantitative estimate of drug-likeness (QED) is 0.857. The van der Waals surface area contributed by atoms with Gasteiger partial charge in [-0.3, -0.25) is 4.79 Å². The molecule has 1 aliphatic rings. The lowest BCUT2D eigenvalue weighted by Crippen LogP contribution is -2.32. The molecule has 0 fully saturated rings. The number of carbonyl (C=O) groups is 1. The Kier molecular flexibility index (Phi) is 3.90. The molecule has 1 heterocycles. The van der Waals surface area contributed by atoms with Crippen molar-refractivity contribution >= 4 is 11.7 Å². The minimum atomic E-state index is -0.690. The average molecular weight is 247 g/mol. The minimum absolute atomic E-state index is 0.205. The smallest absolute Gasteiger partial charge is 0.311 e. The number of hydrogen-bond donors (Lipinski definition) is 2. The summed E-state index contributed by atoms with van der Waals surface area (Å²) in [5.41, 5.74) is 3.06. The summed E-state index contributed by atoms with van der Waals surface area (Å²) in [4.78, 5) is 11.6. The van der Waals surface area contributed by atoms with Gasteiger partial charge in [0.1, 0.15) is 0 Å². The SMILES string of the molecule is CCCCC1CNc2ccc(C)cc2C1C(=O)O. The van der Waals surface area contributed by atoms with Gasteiger partial charge in [0.05, 0.1) is 5.92 Å². The molecular formula is C15H21NO2. The number of aryl methyl sites for hydroxylation is 1. The van der Waals surface area contributed by atoms with E-state index in [1.807, 2.05) is 25.1 Å². The van der Waals surface area contributed by atoms with Crippen LogP contribution in [-0.4, -0.2) is 17.6 Å². The number of benzene rings is 1. The molecule has 2 N–H and O–H groups in total. The van der Waals surface area contributed by atoms with Gasteiger partial charge < -0.3 is 10.4 Å². The third-order valence-corrected chi connectivity index (χ3v) is 3.76. The summed E-state index contributed by atoms with van der Waals surface area (Å²) in [6, 6.07) is 6.03. The second-order valence-corrected chi connectivity index (χ2v) is 5.19. The Bertz CT molecular complexity index is 442. The Morgan fingerprint density at radius 1 is 1.50 bits per heavy atom. The van der Waals surface area contributed by atoms with Crippen molar-refractivity contribution in [1.29, 1.82) is 0 Å². The first kappa shape index (κ1) is 12.9. The van der Waals surface area contributed by atoms with Gasteiger partial charge in [0, 0.05) is 12.2 Å². The summed E-state index contributed by atoms with van der Waals surface area (Å²) in [7, 11) is 0. The Morgan fingerprint density at radius 2 is 2.28 bits per heavy atom. The van der Waals surface area contributed by atoms with Crippen LogP contribution in [0.2, 0.25) is 0 Å². The first-order valence-corrected chi connectivity index (χ1v) is 6.70. The topological polar surface area (TPSA) is 49.3 Å². The number of aliphatic carboxylic acids is 1. The molecule has 2 rings (SSSR count). The zero-order chi connectivity index (χ0) is 13.1. The average Bonchev–Trinajstić information content (AvgIpc) is 2.34. The molecule has 0 spiro atoms. The fraction of sp³-hybridized carbons (Fsp3) is 0.533. The molecule has 18 heavy (non-hydrogen) atoms. The Hall–Kier alpha value is -1.51. The molecule has 0 saturated carbocycles. The van der Waals surface area contributed by atoms with E-state index in [1.54, 1.807) is 0 Å². The second-order valence-electron chi connectivity index (χ2n) is 5.19. The van der Waals surface area contributed by atoms with Gasteiger partial charge in [-0.05, 0) is 30.9 Å². The van der Waals surface area contributed by atoms with E-state index in [0.29, 0.717) is 0 Å². The van der Waals surface area contributed by atoms with Crippen LogP contribution in [0.25, 0.3) is 0 Å². The summed E-state index contributed by atoms with van der Waals surface area (Å²) < 4.78 is 0. The third kappa shape index (κ3) is 2.50. The first-order chi connectivity index (χ1) is 8.63. The zero-order valence-electron chi connectivity index (χ0n) is 11.1. The van der Waals surface area contributed by atoms with Crippen molar-refractivity contribution in [2.45, 2.75) is 39.0 Å². The van der Waals surface area contributed by atoms with E-state index in [9.17, 15) is 9.90 Å². The molecular weight excluding hydrogens is 226 g/mol. The lowest BCUT2D eigenvalue weighted by Gasteiger charge is -2.32. The van der Waals surface area contributed by atoms with Crippen LogP contribution < -0.4 is 5.32 Å². The van der Waals surface area contributed by atoms with Crippen molar-refractivity contribution < 1.29 is 9.90 Å². The van der Waals surface area contributed by atoms with E-state index >= 15 is 0 Å². The molecule has 0 aromatic heterocycles. The van der Waals surface area contributed by atoms with Crippen molar-refractivity contribution in [3.8, 4) is 0 Å². The van der Waals surface area contributed by atoms with Gasteiger partial charge in [-0.1, -0.05) is 37.5 Å². The summed E-state index contributed by atoms with van der Waals surface area (Å²) in [6.07, 6.45) is 3.19. The van der Waals surface area contributed by atoms with Crippen LogP contribution in [0.4, 0.5) is 5.69 Å². The molecule has 0 saturated heterocycles. The van der Waals surface area contributed by atoms with Crippen LogP contribution in [0.3, 0.4) is 0 Å². The van der Waals surface area contributed by atoms with Gasteiger partial charge in [-0.25, -0.2) is 0 Å². The molecule has 2 atom stereocenters. The van der Waals surface area contributed by atoms with Gasteiger partial charge >= 0.3 is 5.97 Å². The molecule has 3 nitrogen and oxygen atoms in total. The molecule has 1 aromatic rings. The summed E-state index contributed by atoms with van der Waals surface area (Å²) in [5.74, 6) is -0.839. The Labute approximate surface area is 108 Å². The molecule has 0 amide bonds. The van der Waals surface area contributed by atoms with Gasteiger partial charge in [-0.2, -0.15) is 0 Å². The standard InChI is InChI=1S/C15H21NO2/c1-3-4-5-11-9-16-13-7-6-10(2)8-12(13)14(11)15(17)18/h6-8,11,14,16H,3-5,9H2,1-2H3,(H,17,18). The number of nitrogens with one attached hydrogen (secondary N) is 1. The van der Waals surface area contributed by atoms with Crippen molar-refractivity contribution in [1.82, 2.24) is 0 Å². The maximum atomic E-state index is 11.6. The molecule has 0 radical (unpaired) electrons. The van der Waals surface area contributed by atoms with E-state index in [0.717, 1.165) is 42.6 Å². The number of rotatable bonds is 4. The molecule has 98 valence electrons. The predicted octanol–water partition coefficient (Wildman–Crippen LogP) is 3.40. The number of carboxylic acid groups (broad SMARTS) is 1. The van der Waals surface area contributed by atoms with Crippen molar-refractivity contribution in [2.24, 2.45) is 5.92 Å². The monoisotopic (exact) mass is 247 g/mol. The van der Waals surface area contributed by atoms with E-state index in [1.165, 1.54) is 0 Å². The number of hydrogen-bond acceptors (Lipinski definition) is 2. The highest BCUT2D eigenvalue weighted by Crippen LogP contribution is 2.38. The van der Waals surface area contributed by atoms with Crippen LogP contribution in [0, 0.1) is 12.8 Å². The molecule has 1 aliphatic heterocycles. The maximum absolute atomic E-state index is 11.6. The Morgan fingerprint density at radius 3 is 2.94 bits per heavy atom. The molecule has 3 heteroatoms. The molecule has 0 bridgehead atoms. The maximum Gasteiger partial charge on any atom is 0.311 e. The van der Waals surface area contributed by atoms with Crippen LogP contribution >= 0.6 is 0 Å². The predicted molar refractivity (Wildman–Crippen MR) is 73.1 cm³/mol. The number of anilines is 1. The van der Waals surface area contributed by atoms with Crippen LogP contribution in [0.1, 0.15) is 43.2 Å². The molecule has 1 aromatic carbocycles. The van der Waals surface area contributed by atoms with E-state index < -0.39 is 5.97 Å². The highest BCUT2D eigenvalue weighted by molar-refractivity contribution is 5.80. The van der Waals surface area contributed by atoms with E-state index in [2.05, 4.69) is 12.2 Å². The van der Waals surface area contributed by atoms with E-state index in [-0.39, 0.29) is 11.8 Å². The van der Waals surface area contributed by atoms with Crippen molar-refractivity contribution in [2.75, 3.05) is 11.9 Å². The molecule has 0 aliphatic carbocycles. The van der Waals surface area contributed by atoms with Gasteiger partial charge in [0.15, 0.2) is 0 Å². The zero-order valence-corrected chi connectivity index (χ0v) is 11.1. The highest BCUT2D eigenvalue weighted by Gasteiger charge is 2.34. The highest BCUT2D eigenvalue weighted by atomic mass is 16.4. The number of fused-ring (bicyclic) bond motifs is 1. The van der Waals surface area contributed by atoms with Crippen LogP contribution in [0.15, 0.2) is 18.2 Å². The summed E-state index contributed by atoms with van der Waals surface area (Å²) in [5, 5.41) is 12.9. The first-order valence-electron chi connectivity index (χ1n) is 6.70. The minimum Gasteiger partial charge on any atom is -0.481 e. The van der Waals surface area contributed by atoms with Gasteiger partial charge in [0.2, 0.25) is 0 Å². The number of carboxylic acids is 1. The largest absolute Gasteiger partial charge is 0.481 e. The fourth-order valence-electron chi connectivity index (χ4n) is 2.78. The van der Waals surface area contributed by atoms with Gasteiger partial charge in [-0.15, -0.1) is 0 Å². The normalized spacial score (nSPS) is 22.1. The number of unbranched alkanes of at least 4 members (excludes halogenated alkanes) is 1. The Balaban J connectivity index is 2.32. The summed E-state index contributed by atoms with van der Waals surface area (Å²) >= 11 is 0. The summed E-state index contributed by atoms with van der Waals surface area (Å²) in [6.45, 7) is 4.92. The van der Waals surface area contributed by atoms with Crippen LogP contribution in [-0.2, 0) is 4.79 Å². The lowest BCUT2D eigenvalue weighted by atomic mass is 9.79. The van der Waals surface area contributed by atoms with Crippen molar-refractivity contribution in [3.63, 3.8) is 0 Å². The fourth-order valence-corrected chi connectivity index (χ4v) is 2.78. The molecule has 2 unspecified atom stereocenters. The lowest BCUT2D eigenvalue weighted by molar-refractivity contribution is -0.140. The van der Waals surface area contributed by atoms with Crippen LogP contribution in [0.5, 0.6) is 0 Å². The van der Waals surface area contributed by atoms with Gasteiger partial charge in [0.25, 0.3) is 0 Å². The third-order valence-electron chi connectivity index (χ3n) is 3.76.